The fourth-order valence-corrected chi connectivity index (χ4v) is 3.84. The lowest BCUT2D eigenvalue weighted by atomic mass is 10.0. The van der Waals surface area contributed by atoms with Gasteiger partial charge in [-0.15, -0.1) is 0 Å². The Bertz CT molecular complexity index is 945. The standard InChI is InChI=1S/C17H15N3O2S/c21-23(22)12-11-20-10-8-15(17(20)19-23)13-4-6-14(7-5-13)16-3-1-2-9-18-16/h1-10,19H,11-12H2. The smallest absolute Gasteiger partial charge is 0.235 e. The molecule has 3 heterocycles. The van der Waals surface area contributed by atoms with Crippen LogP contribution in [0.15, 0.2) is 60.9 Å². The lowest BCUT2D eigenvalue weighted by Gasteiger charge is -2.19. The van der Waals surface area contributed by atoms with Crippen LogP contribution in [-0.4, -0.2) is 23.7 Å². The van der Waals surface area contributed by atoms with E-state index in [1.54, 1.807) is 6.20 Å². The van der Waals surface area contributed by atoms with E-state index in [0.29, 0.717) is 12.4 Å². The maximum absolute atomic E-state index is 11.8. The van der Waals surface area contributed by atoms with E-state index < -0.39 is 10.0 Å². The molecule has 0 saturated heterocycles. The molecule has 0 fully saturated rings. The fourth-order valence-electron chi connectivity index (χ4n) is 2.78. The van der Waals surface area contributed by atoms with E-state index in [4.69, 9.17) is 0 Å². The van der Waals surface area contributed by atoms with Gasteiger partial charge in [0.2, 0.25) is 10.0 Å². The van der Waals surface area contributed by atoms with Crippen molar-refractivity contribution in [1.82, 2.24) is 9.55 Å². The van der Waals surface area contributed by atoms with Gasteiger partial charge in [0.05, 0.1) is 11.4 Å². The van der Waals surface area contributed by atoms with Crippen molar-refractivity contribution in [2.24, 2.45) is 0 Å². The van der Waals surface area contributed by atoms with E-state index in [1.807, 2.05) is 59.3 Å². The molecule has 1 N–H and O–H groups in total. The molecule has 2 aromatic heterocycles. The SMILES string of the molecule is O=S1(=O)CCn2ccc(-c3ccc(-c4ccccn4)cc3)c2N1. The van der Waals surface area contributed by atoms with Crippen LogP contribution >= 0.6 is 0 Å². The van der Waals surface area contributed by atoms with Gasteiger partial charge in [0.1, 0.15) is 5.82 Å². The molecule has 6 heteroatoms. The molecule has 1 aromatic carbocycles. The third-order valence-electron chi connectivity index (χ3n) is 3.97. The van der Waals surface area contributed by atoms with Crippen LogP contribution in [0.25, 0.3) is 22.4 Å². The van der Waals surface area contributed by atoms with Crippen LogP contribution in [0.5, 0.6) is 0 Å². The third kappa shape index (κ3) is 2.61. The van der Waals surface area contributed by atoms with Gasteiger partial charge in [-0.3, -0.25) is 9.71 Å². The van der Waals surface area contributed by atoms with Crippen LogP contribution in [0.3, 0.4) is 0 Å². The number of benzene rings is 1. The number of nitrogens with zero attached hydrogens (tertiary/aromatic N) is 2. The van der Waals surface area contributed by atoms with Crippen molar-refractivity contribution in [3.63, 3.8) is 0 Å². The highest BCUT2D eigenvalue weighted by Gasteiger charge is 2.22. The summed E-state index contributed by atoms with van der Waals surface area (Å²) in [4.78, 5) is 4.33. The van der Waals surface area contributed by atoms with Gasteiger partial charge in [0.15, 0.2) is 0 Å². The van der Waals surface area contributed by atoms with Gasteiger partial charge in [-0.05, 0) is 23.8 Å². The molecule has 0 saturated carbocycles. The number of hydrogen-bond acceptors (Lipinski definition) is 3. The van der Waals surface area contributed by atoms with Gasteiger partial charge in [0, 0.05) is 30.1 Å². The van der Waals surface area contributed by atoms with E-state index in [-0.39, 0.29) is 5.75 Å². The molecule has 0 aliphatic carbocycles. The maximum atomic E-state index is 11.8. The Hall–Kier alpha value is -2.60. The Morgan fingerprint density at radius 1 is 1.00 bits per heavy atom. The Morgan fingerprint density at radius 2 is 1.78 bits per heavy atom. The Kier molecular flexibility index (Phi) is 3.20. The molecule has 1 aliphatic rings. The molecule has 0 atom stereocenters. The van der Waals surface area contributed by atoms with Crippen LogP contribution < -0.4 is 4.72 Å². The van der Waals surface area contributed by atoms with Gasteiger partial charge in [-0.25, -0.2) is 8.42 Å². The minimum Gasteiger partial charge on any atom is -0.332 e. The second-order valence-electron chi connectivity index (χ2n) is 5.48. The molecule has 0 amide bonds. The minimum atomic E-state index is -3.23. The zero-order valence-corrected chi connectivity index (χ0v) is 13.1. The first kappa shape index (κ1) is 14.0. The van der Waals surface area contributed by atoms with Crippen molar-refractivity contribution in [3.05, 3.63) is 60.9 Å². The number of nitrogens with one attached hydrogen (secondary N) is 1. The fraction of sp³-hybridized carbons (Fsp3) is 0.118. The molecule has 5 nitrogen and oxygen atoms in total. The van der Waals surface area contributed by atoms with E-state index in [1.165, 1.54) is 0 Å². The molecule has 0 unspecified atom stereocenters. The summed E-state index contributed by atoms with van der Waals surface area (Å²) in [5.74, 6) is 0.758. The zero-order valence-electron chi connectivity index (χ0n) is 12.3. The summed E-state index contributed by atoms with van der Waals surface area (Å²) < 4.78 is 28.2. The van der Waals surface area contributed by atoms with Crippen molar-refractivity contribution >= 4 is 15.8 Å². The predicted molar refractivity (Wildman–Crippen MR) is 90.5 cm³/mol. The van der Waals surface area contributed by atoms with Crippen molar-refractivity contribution in [2.45, 2.75) is 6.54 Å². The van der Waals surface area contributed by atoms with Gasteiger partial charge >= 0.3 is 0 Å². The normalized spacial score (nSPS) is 15.7. The topological polar surface area (TPSA) is 64.0 Å². The molecule has 23 heavy (non-hydrogen) atoms. The van der Waals surface area contributed by atoms with Crippen LogP contribution in [0.4, 0.5) is 5.82 Å². The van der Waals surface area contributed by atoms with Gasteiger partial charge in [0.25, 0.3) is 0 Å². The van der Waals surface area contributed by atoms with Gasteiger partial charge < -0.3 is 4.57 Å². The molecule has 116 valence electrons. The summed E-state index contributed by atoms with van der Waals surface area (Å²) in [5, 5.41) is 0. The number of hydrogen-bond donors (Lipinski definition) is 1. The summed E-state index contributed by atoms with van der Waals surface area (Å²) in [6.07, 6.45) is 3.68. The highest BCUT2D eigenvalue weighted by atomic mass is 32.2. The monoisotopic (exact) mass is 325 g/mol. The molecule has 4 rings (SSSR count). The van der Waals surface area contributed by atoms with Crippen LogP contribution in [0, 0.1) is 0 Å². The number of anilines is 1. The molecule has 1 aliphatic heterocycles. The molecular formula is C17H15N3O2S. The first-order valence-electron chi connectivity index (χ1n) is 7.34. The van der Waals surface area contributed by atoms with Crippen LogP contribution in [0.1, 0.15) is 0 Å². The molecule has 0 spiro atoms. The molecule has 3 aromatic rings. The number of pyridine rings is 1. The van der Waals surface area contributed by atoms with E-state index in [9.17, 15) is 8.42 Å². The lowest BCUT2D eigenvalue weighted by molar-refractivity contribution is 0.588. The van der Waals surface area contributed by atoms with Crippen molar-refractivity contribution < 1.29 is 8.42 Å². The quantitative estimate of drug-likeness (QED) is 0.788. The summed E-state index contributed by atoms with van der Waals surface area (Å²) in [6, 6.07) is 15.7. The number of sulfonamides is 1. The Morgan fingerprint density at radius 3 is 2.52 bits per heavy atom. The first-order chi connectivity index (χ1) is 11.1. The third-order valence-corrected chi connectivity index (χ3v) is 5.20. The molecule has 0 bridgehead atoms. The lowest BCUT2D eigenvalue weighted by Crippen LogP contribution is -2.27. The average Bonchev–Trinajstić information content (AvgIpc) is 2.97. The van der Waals surface area contributed by atoms with Gasteiger partial charge in [-0.1, -0.05) is 30.3 Å². The van der Waals surface area contributed by atoms with E-state index >= 15 is 0 Å². The molecule has 0 radical (unpaired) electrons. The van der Waals surface area contributed by atoms with E-state index in [2.05, 4.69) is 9.71 Å². The van der Waals surface area contributed by atoms with E-state index in [0.717, 1.165) is 22.4 Å². The maximum Gasteiger partial charge on any atom is 0.235 e. The average molecular weight is 325 g/mol. The molecular weight excluding hydrogens is 310 g/mol. The van der Waals surface area contributed by atoms with Gasteiger partial charge in [-0.2, -0.15) is 0 Å². The highest BCUT2D eigenvalue weighted by Crippen LogP contribution is 2.33. The van der Waals surface area contributed by atoms with Crippen molar-refractivity contribution in [1.29, 1.82) is 0 Å². The second kappa shape index (κ2) is 5.24. The van der Waals surface area contributed by atoms with Crippen molar-refractivity contribution in [2.75, 3.05) is 10.5 Å². The Labute approximate surface area is 134 Å². The van der Waals surface area contributed by atoms with Crippen LogP contribution in [0.2, 0.25) is 0 Å². The Balaban J connectivity index is 1.72. The number of aryl methyl sites for hydroxylation is 1. The largest absolute Gasteiger partial charge is 0.332 e. The minimum absolute atomic E-state index is 0.118. The number of rotatable bonds is 2. The summed E-state index contributed by atoms with van der Waals surface area (Å²) in [6.45, 7) is 0.483. The summed E-state index contributed by atoms with van der Waals surface area (Å²) >= 11 is 0. The number of fused-ring (bicyclic) bond motifs is 1. The highest BCUT2D eigenvalue weighted by molar-refractivity contribution is 7.92. The van der Waals surface area contributed by atoms with Crippen molar-refractivity contribution in [3.8, 4) is 22.4 Å². The van der Waals surface area contributed by atoms with Crippen LogP contribution in [-0.2, 0) is 16.6 Å². The predicted octanol–water partition coefficient (Wildman–Crippen LogP) is 2.97. The first-order valence-corrected chi connectivity index (χ1v) is 8.99. The summed E-state index contributed by atoms with van der Waals surface area (Å²) in [5.41, 5.74) is 3.81. The number of aromatic nitrogens is 2. The zero-order chi connectivity index (χ0) is 15.9. The summed E-state index contributed by atoms with van der Waals surface area (Å²) in [7, 11) is -3.23. The second-order valence-corrected chi connectivity index (χ2v) is 7.33.